The number of para-hydroxylation sites is 1. The van der Waals surface area contributed by atoms with Crippen LogP contribution in [0.15, 0.2) is 47.0 Å². The molecule has 9 heteroatoms. The third kappa shape index (κ3) is 5.21. The minimum atomic E-state index is -0.487. The van der Waals surface area contributed by atoms with Gasteiger partial charge in [-0.1, -0.05) is 30.7 Å². The van der Waals surface area contributed by atoms with Crippen LogP contribution in [0.4, 0.5) is 5.69 Å². The molecule has 0 bridgehead atoms. The monoisotopic (exact) mass is 430 g/mol. The topological polar surface area (TPSA) is 98.4 Å². The van der Waals surface area contributed by atoms with E-state index >= 15 is 0 Å². The Labute approximate surface area is 179 Å². The van der Waals surface area contributed by atoms with Gasteiger partial charge in [0.05, 0.1) is 10.7 Å². The van der Waals surface area contributed by atoms with E-state index in [4.69, 9.17) is 20.8 Å². The molecule has 0 aliphatic heterocycles. The molecular weight excluding hydrogens is 408 g/mol. The molecule has 0 spiro atoms. The van der Waals surface area contributed by atoms with Gasteiger partial charge < -0.3 is 19.8 Å². The van der Waals surface area contributed by atoms with E-state index in [1.54, 1.807) is 35.1 Å². The predicted molar refractivity (Wildman–Crippen MR) is 113 cm³/mol. The highest BCUT2D eigenvalue weighted by molar-refractivity contribution is 6.32. The van der Waals surface area contributed by atoms with Gasteiger partial charge in [0.25, 0.3) is 11.8 Å². The summed E-state index contributed by atoms with van der Waals surface area (Å²) >= 11 is 6.06. The zero-order chi connectivity index (χ0) is 21.5. The van der Waals surface area contributed by atoms with Crippen molar-refractivity contribution in [2.75, 3.05) is 11.9 Å². The number of carbonyl (C=O) groups is 2. The zero-order valence-corrected chi connectivity index (χ0v) is 17.5. The van der Waals surface area contributed by atoms with Gasteiger partial charge in [0.2, 0.25) is 0 Å². The number of benzene rings is 1. The summed E-state index contributed by atoms with van der Waals surface area (Å²) in [5.41, 5.74) is 0.480. The molecule has 2 heterocycles. The average Bonchev–Trinajstić information content (AvgIpc) is 3.38. The average molecular weight is 431 g/mol. The van der Waals surface area contributed by atoms with Crippen LogP contribution in [0.25, 0.3) is 0 Å². The van der Waals surface area contributed by atoms with Crippen molar-refractivity contribution in [3.8, 4) is 5.75 Å². The van der Waals surface area contributed by atoms with Crippen LogP contribution in [0.5, 0.6) is 5.75 Å². The van der Waals surface area contributed by atoms with Crippen molar-refractivity contribution < 1.29 is 18.7 Å². The highest BCUT2D eigenvalue weighted by Gasteiger charge is 2.20. The summed E-state index contributed by atoms with van der Waals surface area (Å²) in [7, 11) is 0. The van der Waals surface area contributed by atoms with Crippen molar-refractivity contribution in [1.29, 1.82) is 0 Å². The molecule has 3 aromatic rings. The number of ether oxygens (including phenoxy) is 1. The molecule has 0 radical (unpaired) electrons. The van der Waals surface area contributed by atoms with Crippen molar-refractivity contribution in [2.24, 2.45) is 0 Å². The summed E-state index contributed by atoms with van der Waals surface area (Å²) in [4.78, 5) is 24.9. The quantitative estimate of drug-likeness (QED) is 0.532. The lowest BCUT2D eigenvalue weighted by Gasteiger charge is -2.06. The highest BCUT2D eigenvalue weighted by atomic mass is 35.5. The lowest BCUT2D eigenvalue weighted by atomic mass is 10.3. The summed E-state index contributed by atoms with van der Waals surface area (Å²) in [5.74, 6) is 0.255. The van der Waals surface area contributed by atoms with Crippen molar-refractivity contribution in [3.63, 3.8) is 0 Å². The lowest BCUT2D eigenvalue weighted by Crippen LogP contribution is -2.26. The molecule has 2 N–H and O–H groups in total. The van der Waals surface area contributed by atoms with Gasteiger partial charge in [0.1, 0.15) is 18.1 Å². The van der Waals surface area contributed by atoms with Crippen molar-refractivity contribution in [1.82, 2.24) is 15.1 Å². The Morgan fingerprint density at radius 2 is 1.97 bits per heavy atom. The molecule has 0 unspecified atom stereocenters. The van der Waals surface area contributed by atoms with Gasteiger partial charge in [-0.25, -0.2) is 0 Å². The number of aromatic nitrogens is 2. The molecule has 8 nitrogen and oxygen atoms in total. The fourth-order valence-electron chi connectivity index (χ4n) is 2.64. The first-order chi connectivity index (χ1) is 14.5. The van der Waals surface area contributed by atoms with Crippen molar-refractivity contribution in [3.05, 3.63) is 64.8 Å². The summed E-state index contributed by atoms with van der Waals surface area (Å²) in [5, 5.41) is 10.2. The van der Waals surface area contributed by atoms with Crippen molar-refractivity contribution >= 4 is 29.1 Å². The van der Waals surface area contributed by atoms with E-state index in [0.29, 0.717) is 35.3 Å². The standard InChI is InChI=1S/C21H23ClN4O4/c1-3-11-23-21(28)19-16(12-26(4-2)25-19)24-20(27)18-10-9-14(30-18)13-29-17-8-6-5-7-15(17)22/h5-10,12H,3-4,11,13H2,1-2H3,(H,23,28)(H,24,27). The van der Waals surface area contributed by atoms with E-state index in [9.17, 15) is 9.59 Å². The first-order valence-electron chi connectivity index (χ1n) is 9.64. The smallest absolute Gasteiger partial charge is 0.291 e. The highest BCUT2D eigenvalue weighted by Crippen LogP contribution is 2.24. The summed E-state index contributed by atoms with van der Waals surface area (Å²) in [6.45, 7) is 5.06. The second-order valence-corrected chi connectivity index (χ2v) is 6.85. The Bertz CT molecular complexity index is 1030. The molecule has 158 valence electrons. The Kier molecular flexibility index (Phi) is 7.13. The van der Waals surface area contributed by atoms with Crippen LogP contribution in [0.2, 0.25) is 5.02 Å². The SMILES string of the molecule is CCCNC(=O)c1nn(CC)cc1NC(=O)c1ccc(COc2ccccc2Cl)o1. The zero-order valence-electron chi connectivity index (χ0n) is 16.8. The lowest BCUT2D eigenvalue weighted by molar-refractivity contribution is 0.0948. The van der Waals surface area contributed by atoms with Gasteiger partial charge in [-0.2, -0.15) is 5.10 Å². The summed E-state index contributed by atoms with van der Waals surface area (Å²) in [6, 6.07) is 10.3. The third-order valence-electron chi connectivity index (χ3n) is 4.18. The number of halogens is 1. The number of carbonyl (C=O) groups excluding carboxylic acids is 2. The van der Waals surface area contributed by atoms with Crippen LogP contribution < -0.4 is 15.4 Å². The normalized spacial score (nSPS) is 10.6. The molecular formula is C21H23ClN4O4. The molecule has 1 aromatic carbocycles. The van der Waals surface area contributed by atoms with Gasteiger partial charge in [0.15, 0.2) is 11.5 Å². The second-order valence-electron chi connectivity index (χ2n) is 6.44. The van der Waals surface area contributed by atoms with Crippen LogP contribution in [0, 0.1) is 0 Å². The fraction of sp³-hybridized carbons (Fsp3) is 0.286. The van der Waals surface area contributed by atoms with E-state index in [-0.39, 0.29) is 24.0 Å². The number of furan rings is 1. The maximum atomic E-state index is 12.6. The maximum absolute atomic E-state index is 12.6. The fourth-order valence-corrected chi connectivity index (χ4v) is 2.83. The van der Waals surface area contributed by atoms with Crippen LogP contribution in [0.1, 0.15) is 47.1 Å². The number of nitrogens with zero attached hydrogens (tertiary/aromatic N) is 2. The Hall–Kier alpha value is -3.26. The second kappa shape index (κ2) is 9.98. The number of rotatable bonds is 9. The molecule has 0 saturated carbocycles. The van der Waals surface area contributed by atoms with Gasteiger partial charge in [0, 0.05) is 19.3 Å². The number of anilines is 1. The molecule has 0 aliphatic rings. The Morgan fingerprint density at radius 3 is 2.70 bits per heavy atom. The van der Waals surface area contributed by atoms with Crippen LogP contribution >= 0.6 is 11.6 Å². The number of amides is 2. The molecule has 0 saturated heterocycles. The first-order valence-corrected chi connectivity index (χ1v) is 10.0. The molecule has 2 aromatic heterocycles. The Morgan fingerprint density at radius 1 is 1.17 bits per heavy atom. The molecule has 0 aliphatic carbocycles. The summed E-state index contributed by atoms with van der Waals surface area (Å²) < 4.78 is 12.8. The van der Waals surface area contributed by atoms with Crippen LogP contribution in [-0.2, 0) is 13.2 Å². The van der Waals surface area contributed by atoms with Gasteiger partial charge in [-0.3, -0.25) is 14.3 Å². The predicted octanol–water partition coefficient (Wildman–Crippen LogP) is 4.12. The van der Waals surface area contributed by atoms with E-state index in [2.05, 4.69) is 15.7 Å². The first kappa shape index (κ1) is 21.4. The largest absolute Gasteiger partial charge is 0.484 e. The molecule has 3 rings (SSSR count). The molecule has 30 heavy (non-hydrogen) atoms. The molecule has 2 amide bonds. The minimum Gasteiger partial charge on any atom is -0.484 e. The van der Waals surface area contributed by atoms with E-state index in [0.717, 1.165) is 6.42 Å². The Balaban J connectivity index is 1.67. The van der Waals surface area contributed by atoms with Gasteiger partial charge in [-0.15, -0.1) is 0 Å². The van der Waals surface area contributed by atoms with Crippen LogP contribution in [-0.4, -0.2) is 28.1 Å². The van der Waals surface area contributed by atoms with Crippen LogP contribution in [0.3, 0.4) is 0 Å². The summed E-state index contributed by atoms with van der Waals surface area (Å²) in [6.07, 6.45) is 2.41. The number of aryl methyl sites for hydroxylation is 1. The molecule has 0 atom stereocenters. The van der Waals surface area contributed by atoms with E-state index in [1.807, 2.05) is 26.0 Å². The van der Waals surface area contributed by atoms with Gasteiger partial charge in [-0.05, 0) is 37.6 Å². The van der Waals surface area contributed by atoms with E-state index < -0.39 is 5.91 Å². The van der Waals surface area contributed by atoms with E-state index in [1.165, 1.54) is 0 Å². The van der Waals surface area contributed by atoms with Crippen molar-refractivity contribution in [2.45, 2.75) is 33.4 Å². The molecule has 0 fully saturated rings. The number of hydrogen-bond donors (Lipinski definition) is 2. The number of hydrogen-bond acceptors (Lipinski definition) is 5. The van der Waals surface area contributed by atoms with Gasteiger partial charge >= 0.3 is 0 Å². The maximum Gasteiger partial charge on any atom is 0.291 e. The number of nitrogens with one attached hydrogen (secondary N) is 2. The third-order valence-corrected chi connectivity index (χ3v) is 4.49. The minimum absolute atomic E-state index is 0.0944.